The number of benzene rings is 1. The van der Waals surface area contributed by atoms with Crippen LogP contribution in [0.5, 0.6) is 0 Å². The van der Waals surface area contributed by atoms with Gasteiger partial charge in [0.05, 0.1) is 0 Å². The van der Waals surface area contributed by atoms with E-state index in [-0.39, 0.29) is 17.5 Å². The summed E-state index contributed by atoms with van der Waals surface area (Å²) in [6.07, 6.45) is 4.83. The Hall–Kier alpha value is -3.54. The van der Waals surface area contributed by atoms with E-state index in [9.17, 15) is 9.59 Å². The van der Waals surface area contributed by atoms with Crippen LogP contribution < -0.4 is 10.2 Å². The number of aromatic nitrogens is 2. The van der Waals surface area contributed by atoms with Crippen LogP contribution in [0.4, 0.5) is 5.69 Å². The summed E-state index contributed by atoms with van der Waals surface area (Å²) in [5, 5.41) is 2.81. The number of anilines is 1. The molecule has 1 N–H and O–H groups in total. The number of hydrogen-bond acceptors (Lipinski definition) is 4. The van der Waals surface area contributed by atoms with E-state index < -0.39 is 0 Å². The first-order valence-corrected chi connectivity index (χ1v) is 8.11. The lowest BCUT2D eigenvalue weighted by Gasteiger charge is -2.17. The van der Waals surface area contributed by atoms with E-state index in [1.54, 1.807) is 25.5 Å². The molecule has 3 rings (SSSR count). The van der Waals surface area contributed by atoms with Gasteiger partial charge in [-0.25, -0.2) is 0 Å². The first kappa shape index (κ1) is 17.3. The molecule has 0 saturated heterocycles. The molecule has 0 bridgehead atoms. The molecule has 26 heavy (non-hydrogen) atoms. The normalized spacial score (nSPS) is 10.2. The molecule has 0 fully saturated rings. The quantitative estimate of drug-likeness (QED) is 0.771. The third-order valence-electron chi connectivity index (χ3n) is 3.87. The maximum atomic E-state index is 12.6. The Labute approximate surface area is 151 Å². The largest absolute Gasteiger partial charge is 0.348 e. The molecule has 0 atom stereocenters. The Kier molecular flexibility index (Phi) is 5.34. The molecule has 0 aliphatic heterocycles. The highest BCUT2D eigenvalue weighted by Gasteiger charge is 2.16. The van der Waals surface area contributed by atoms with E-state index in [4.69, 9.17) is 0 Å². The third kappa shape index (κ3) is 4.10. The third-order valence-corrected chi connectivity index (χ3v) is 3.87. The fourth-order valence-corrected chi connectivity index (χ4v) is 2.42. The maximum Gasteiger partial charge on any atom is 0.276 e. The van der Waals surface area contributed by atoms with Gasteiger partial charge >= 0.3 is 0 Å². The fourth-order valence-electron chi connectivity index (χ4n) is 2.42. The molecule has 6 heteroatoms. The first-order valence-electron chi connectivity index (χ1n) is 8.11. The number of para-hydroxylation sites is 1. The molecule has 0 aliphatic rings. The summed E-state index contributed by atoms with van der Waals surface area (Å²) in [4.78, 5) is 34.6. The van der Waals surface area contributed by atoms with Gasteiger partial charge in [0.15, 0.2) is 0 Å². The molecule has 6 nitrogen and oxygen atoms in total. The molecule has 0 spiro atoms. The molecule has 0 aliphatic carbocycles. The minimum absolute atomic E-state index is 0.213. The number of pyridine rings is 2. The molecule has 2 heterocycles. The van der Waals surface area contributed by atoms with E-state index in [1.807, 2.05) is 42.5 Å². The fraction of sp³-hybridized carbons (Fsp3) is 0.100. The number of nitrogens with one attached hydrogen (secondary N) is 1. The van der Waals surface area contributed by atoms with Crippen molar-refractivity contribution in [3.05, 3.63) is 90.0 Å². The number of hydrogen-bond donors (Lipinski definition) is 1. The molecule has 0 radical (unpaired) electrons. The van der Waals surface area contributed by atoms with Crippen molar-refractivity contribution in [1.82, 2.24) is 15.3 Å². The topological polar surface area (TPSA) is 75.2 Å². The van der Waals surface area contributed by atoms with E-state index in [2.05, 4.69) is 15.3 Å². The summed E-state index contributed by atoms with van der Waals surface area (Å²) >= 11 is 0. The molecule has 1 aromatic carbocycles. The molecule has 130 valence electrons. The highest BCUT2D eigenvalue weighted by Crippen LogP contribution is 2.14. The number of carbonyl (C=O) groups is 2. The highest BCUT2D eigenvalue weighted by molar-refractivity contribution is 6.06. The van der Waals surface area contributed by atoms with Gasteiger partial charge in [0.25, 0.3) is 11.8 Å². The Morgan fingerprint density at radius 2 is 1.85 bits per heavy atom. The zero-order valence-electron chi connectivity index (χ0n) is 14.3. The van der Waals surface area contributed by atoms with Crippen molar-refractivity contribution in [3.63, 3.8) is 0 Å². The van der Waals surface area contributed by atoms with Crippen LogP contribution in [0.15, 0.2) is 73.2 Å². The first-order chi connectivity index (χ1) is 12.6. The van der Waals surface area contributed by atoms with Crippen LogP contribution >= 0.6 is 0 Å². The Morgan fingerprint density at radius 3 is 2.58 bits per heavy atom. The van der Waals surface area contributed by atoms with Crippen molar-refractivity contribution in [2.45, 2.75) is 6.54 Å². The van der Waals surface area contributed by atoms with Crippen LogP contribution in [0.2, 0.25) is 0 Å². The van der Waals surface area contributed by atoms with Gasteiger partial charge in [-0.2, -0.15) is 0 Å². The Bertz CT molecular complexity index is 898. The van der Waals surface area contributed by atoms with Crippen LogP contribution in [0.25, 0.3) is 0 Å². The summed E-state index contributed by atoms with van der Waals surface area (Å²) in [5.74, 6) is -0.550. The second-order valence-corrected chi connectivity index (χ2v) is 5.67. The highest BCUT2D eigenvalue weighted by atomic mass is 16.2. The summed E-state index contributed by atoms with van der Waals surface area (Å²) in [5.41, 5.74) is 2.25. The van der Waals surface area contributed by atoms with E-state index in [0.717, 1.165) is 11.3 Å². The van der Waals surface area contributed by atoms with Gasteiger partial charge in [-0.15, -0.1) is 0 Å². The van der Waals surface area contributed by atoms with Crippen molar-refractivity contribution in [3.8, 4) is 0 Å². The predicted octanol–water partition coefficient (Wildman–Crippen LogP) is 2.68. The van der Waals surface area contributed by atoms with Crippen LogP contribution in [-0.2, 0) is 6.54 Å². The lowest BCUT2D eigenvalue weighted by atomic mass is 10.2. The monoisotopic (exact) mass is 346 g/mol. The van der Waals surface area contributed by atoms with Crippen molar-refractivity contribution in [2.24, 2.45) is 0 Å². The summed E-state index contributed by atoms with van der Waals surface area (Å²) in [7, 11) is 1.68. The van der Waals surface area contributed by atoms with Crippen LogP contribution in [0.1, 0.15) is 26.4 Å². The number of nitrogens with zero attached hydrogens (tertiary/aromatic N) is 3. The minimum atomic E-state index is -0.280. The second kappa shape index (κ2) is 8.02. The van der Waals surface area contributed by atoms with Crippen molar-refractivity contribution < 1.29 is 9.59 Å². The number of rotatable bonds is 5. The summed E-state index contributed by atoms with van der Waals surface area (Å²) in [6.45, 7) is 0.363. The average molecular weight is 346 g/mol. The summed E-state index contributed by atoms with van der Waals surface area (Å²) < 4.78 is 0. The van der Waals surface area contributed by atoms with E-state index >= 15 is 0 Å². The van der Waals surface area contributed by atoms with Gasteiger partial charge in [0.2, 0.25) is 0 Å². The molecule has 2 aromatic heterocycles. The van der Waals surface area contributed by atoms with Crippen molar-refractivity contribution in [2.75, 3.05) is 11.9 Å². The zero-order valence-corrected chi connectivity index (χ0v) is 14.3. The van der Waals surface area contributed by atoms with Gasteiger partial charge in [0, 0.05) is 43.4 Å². The maximum absolute atomic E-state index is 12.6. The molecule has 0 saturated carbocycles. The number of carbonyl (C=O) groups excluding carboxylic acids is 2. The van der Waals surface area contributed by atoms with Gasteiger partial charge < -0.3 is 10.2 Å². The van der Waals surface area contributed by atoms with Gasteiger partial charge in [0.1, 0.15) is 5.69 Å². The van der Waals surface area contributed by atoms with Crippen LogP contribution in [-0.4, -0.2) is 28.8 Å². The predicted molar refractivity (Wildman–Crippen MR) is 98.8 cm³/mol. The lowest BCUT2D eigenvalue weighted by Crippen LogP contribution is -2.28. The van der Waals surface area contributed by atoms with Gasteiger partial charge in [-0.3, -0.25) is 19.6 Å². The second-order valence-electron chi connectivity index (χ2n) is 5.67. The summed E-state index contributed by atoms with van der Waals surface area (Å²) in [6, 6.07) is 16.0. The van der Waals surface area contributed by atoms with Crippen LogP contribution in [0.3, 0.4) is 0 Å². The average Bonchev–Trinajstić information content (AvgIpc) is 2.72. The minimum Gasteiger partial charge on any atom is -0.348 e. The molecule has 2 amide bonds. The van der Waals surface area contributed by atoms with Crippen LogP contribution in [0, 0.1) is 0 Å². The standard InChI is InChI=1S/C20H18N4O2/c1-24(17-7-3-2-4-8-17)20(26)18-12-16(9-11-22-18)19(25)23-14-15-6-5-10-21-13-15/h2-13H,14H2,1H3,(H,23,25). The molecule has 3 aromatic rings. The molecular formula is C20H18N4O2. The number of amides is 2. The Balaban J connectivity index is 1.71. The smallest absolute Gasteiger partial charge is 0.276 e. The van der Waals surface area contributed by atoms with E-state index in [1.165, 1.54) is 17.2 Å². The zero-order chi connectivity index (χ0) is 18.4. The van der Waals surface area contributed by atoms with Gasteiger partial charge in [-0.1, -0.05) is 24.3 Å². The van der Waals surface area contributed by atoms with Crippen molar-refractivity contribution >= 4 is 17.5 Å². The van der Waals surface area contributed by atoms with Gasteiger partial charge in [-0.05, 0) is 35.9 Å². The Morgan fingerprint density at radius 1 is 1.04 bits per heavy atom. The van der Waals surface area contributed by atoms with Crippen molar-refractivity contribution in [1.29, 1.82) is 0 Å². The van der Waals surface area contributed by atoms with E-state index in [0.29, 0.717) is 12.1 Å². The lowest BCUT2D eigenvalue weighted by molar-refractivity contribution is 0.0950. The SMILES string of the molecule is CN(C(=O)c1cc(C(=O)NCc2cccnc2)ccn1)c1ccccc1. The molecular weight excluding hydrogens is 328 g/mol. The molecule has 0 unspecified atom stereocenters.